The first kappa shape index (κ1) is 12.4. The molecule has 0 saturated carbocycles. The number of benzene rings is 2. The van der Waals surface area contributed by atoms with Crippen LogP contribution < -0.4 is 4.90 Å². The number of fused-ring (bicyclic) bond motifs is 1. The number of aryl methyl sites for hydroxylation is 1. The summed E-state index contributed by atoms with van der Waals surface area (Å²) in [5.41, 5.74) is 1.44. The monoisotopic (exact) mass is 265 g/mol. The summed E-state index contributed by atoms with van der Waals surface area (Å²) in [5, 5.41) is 6.32. The molecule has 0 saturated heterocycles. The molecule has 4 nitrogen and oxygen atoms in total. The molecule has 0 unspecified atom stereocenters. The standard InChI is InChI=1S/C16H15N3O/c1-18(16(20)15-9-10-17-19(15)2)14-8-7-12-5-3-4-6-13(12)11-14/h3-11H,1-2H3. The maximum atomic E-state index is 12.4. The van der Waals surface area contributed by atoms with E-state index in [1.165, 1.54) is 0 Å². The van der Waals surface area contributed by atoms with E-state index in [-0.39, 0.29) is 5.91 Å². The number of hydrogen-bond acceptors (Lipinski definition) is 2. The molecule has 1 aromatic heterocycles. The number of anilines is 1. The molecule has 0 aliphatic carbocycles. The van der Waals surface area contributed by atoms with Gasteiger partial charge in [-0.05, 0) is 29.0 Å². The Hall–Kier alpha value is -2.62. The van der Waals surface area contributed by atoms with Crippen LogP contribution in [0.25, 0.3) is 10.8 Å². The average Bonchev–Trinajstić information content (AvgIpc) is 2.91. The summed E-state index contributed by atoms with van der Waals surface area (Å²) < 4.78 is 1.58. The Kier molecular flexibility index (Phi) is 2.99. The Labute approximate surface area is 117 Å². The second-order valence-electron chi connectivity index (χ2n) is 4.74. The number of carbonyl (C=O) groups excluding carboxylic acids is 1. The zero-order valence-electron chi connectivity index (χ0n) is 11.4. The van der Waals surface area contributed by atoms with Crippen LogP contribution in [-0.4, -0.2) is 22.7 Å². The summed E-state index contributed by atoms with van der Waals surface area (Å²) in [6, 6.07) is 15.8. The van der Waals surface area contributed by atoms with Crippen LogP contribution in [-0.2, 0) is 7.05 Å². The summed E-state index contributed by atoms with van der Waals surface area (Å²) in [6.45, 7) is 0. The van der Waals surface area contributed by atoms with Gasteiger partial charge in [-0.25, -0.2) is 0 Å². The molecule has 0 N–H and O–H groups in total. The van der Waals surface area contributed by atoms with E-state index in [0.29, 0.717) is 5.69 Å². The fourth-order valence-corrected chi connectivity index (χ4v) is 2.26. The molecule has 1 heterocycles. The second-order valence-corrected chi connectivity index (χ2v) is 4.74. The fraction of sp³-hybridized carbons (Fsp3) is 0.125. The average molecular weight is 265 g/mol. The third-order valence-corrected chi connectivity index (χ3v) is 3.47. The molecule has 1 amide bonds. The molecule has 3 aromatic rings. The molecule has 0 bridgehead atoms. The largest absolute Gasteiger partial charge is 0.310 e. The van der Waals surface area contributed by atoms with Crippen molar-refractivity contribution in [2.45, 2.75) is 0 Å². The van der Waals surface area contributed by atoms with Gasteiger partial charge in [0.15, 0.2) is 0 Å². The molecule has 0 radical (unpaired) electrons. The van der Waals surface area contributed by atoms with Gasteiger partial charge in [-0.1, -0.05) is 30.3 Å². The van der Waals surface area contributed by atoms with Crippen molar-refractivity contribution in [1.82, 2.24) is 9.78 Å². The molecular weight excluding hydrogens is 250 g/mol. The highest BCUT2D eigenvalue weighted by atomic mass is 16.2. The van der Waals surface area contributed by atoms with Crippen LogP contribution in [0.4, 0.5) is 5.69 Å². The molecule has 0 atom stereocenters. The van der Waals surface area contributed by atoms with Crippen molar-refractivity contribution in [2.24, 2.45) is 7.05 Å². The predicted molar refractivity (Wildman–Crippen MR) is 79.9 cm³/mol. The maximum Gasteiger partial charge on any atom is 0.276 e. The predicted octanol–water partition coefficient (Wildman–Crippen LogP) is 2.85. The zero-order chi connectivity index (χ0) is 14.1. The number of rotatable bonds is 2. The van der Waals surface area contributed by atoms with E-state index in [9.17, 15) is 4.79 Å². The smallest absolute Gasteiger partial charge is 0.276 e. The quantitative estimate of drug-likeness (QED) is 0.714. The van der Waals surface area contributed by atoms with Crippen LogP contribution in [0.15, 0.2) is 54.7 Å². The van der Waals surface area contributed by atoms with Crippen LogP contribution in [0.1, 0.15) is 10.5 Å². The minimum Gasteiger partial charge on any atom is -0.310 e. The van der Waals surface area contributed by atoms with Crippen molar-refractivity contribution < 1.29 is 4.79 Å². The third kappa shape index (κ3) is 2.05. The van der Waals surface area contributed by atoms with Crippen LogP contribution in [0.3, 0.4) is 0 Å². The van der Waals surface area contributed by atoms with Crippen molar-refractivity contribution in [3.63, 3.8) is 0 Å². The van der Waals surface area contributed by atoms with Gasteiger partial charge in [0.05, 0.1) is 0 Å². The molecule has 0 spiro atoms. The minimum atomic E-state index is -0.0692. The summed E-state index contributed by atoms with van der Waals surface area (Å²) in [5.74, 6) is -0.0692. The number of amides is 1. The van der Waals surface area contributed by atoms with Gasteiger partial charge >= 0.3 is 0 Å². The molecular formula is C16H15N3O. The van der Waals surface area contributed by atoms with E-state index >= 15 is 0 Å². The molecule has 20 heavy (non-hydrogen) atoms. The van der Waals surface area contributed by atoms with Crippen molar-refractivity contribution >= 4 is 22.4 Å². The number of aromatic nitrogens is 2. The van der Waals surface area contributed by atoms with Gasteiger partial charge in [0.25, 0.3) is 5.91 Å². The van der Waals surface area contributed by atoms with Gasteiger partial charge in [-0.3, -0.25) is 9.48 Å². The first-order chi connectivity index (χ1) is 9.66. The number of nitrogens with zero attached hydrogens (tertiary/aromatic N) is 3. The topological polar surface area (TPSA) is 38.1 Å². The highest BCUT2D eigenvalue weighted by molar-refractivity contribution is 6.05. The molecule has 3 rings (SSSR count). The lowest BCUT2D eigenvalue weighted by atomic mass is 10.1. The SMILES string of the molecule is CN(C(=O)c1ccnn1C)c1ccc2ccccc2c1. The number of hydrogen-bond donors (Lipinski definition) is 0. The van der Waals surface area contributed by atoms with Crippen LogP contribution in [0.2, 0.25) is 0 Å². The van der Waals surface area contributed by atoms with Crippen molar-refractivity contribution in [3.05, 3.63) is 60.4 Å². The van der Waals surface area contributed by atoms with E-state index in [1.807, 2.05) is 36.4 Å². The molecule has 2 aromatic carbocycles. The summed E-state index contributed by atoms with van der Waals surface area (Å²) in [7, 11) is 3.54. The lowest BCUT2D eigenvalue weighted by Crippen LogP contribution is -2.28. The molecule has 4 heteroatoms. The highest BCUT2D eigenvalue weighted by Gasteiger charge is 2.16. The van der Waals surface area contributed by atoms with Gasteiger partial charge in [0.1, 0.15) is 5.69 Å². The van der Waals surface area contributed by atoms with Crippen molar-refractivity contribution in [2.75, 3.05) is 11.9 Å². The van der Waals surface area contributed by atoms with Crippen molar-refractivity contribution in [1.29, 1.82) is 0 Å². The van der Waals surface area contributed by atoms with Gasteiger partial charge in [0, 0.05) is 26.0 Å². The zero-order valence-corrected chi connectivity index (χ0v) is 11.4. The van der Waals surface area contributed by atoms with Gasteiger partial charge in [-0.2, -0.15) is 5.10 Å². The van der Waals surface area contributed by atoms with Gasteiger partial charge < -0.3 is 4.90 Å². The Morgan fingerprint density at radius 2 is 1.85 bits per heavy atom. The first-order valence-corrected chi connectivity index (χ1v) is 6.41. The van der Waals surface area contributed by atoms with Crippen LogP contribution >= 0.6 is 0 Å². The molecule has 100 valence electrons. The van der Waals surface area contributed by atoms with E-state index in [0.717, 1.165) is 16.5 Å². The van der Waals surface area contributed by atoms with Crippen molar-refractivity contribution in [3.8, 4) is 0 Å². The summed E-state index contributed by atoms with van der Waals surface area (Å²) in [6.07, 6.45) is 1.63. The Balaban J connectivity index is 1.98. The first-order valence-electron chi connectivity index (χ1n) is 6.41. The Morgan fingerprint density at radius 1 is 1.10 bits per heavy atom. The third-order valence-electron chi connectivity index (χ3n) is 3.47. The van der Waals surface area contributed by atoms with E-state index < -0.39 is 0 Å². The lowest BCUT2D eigenvalue weighted by molar-refractivity contribution is 0.0984. The Bertz CT molecular complexity index is 776. The van der Waals surface area contributed by atoms with Crippen LogP contribution in [0, 0.1) is 0 Å². The van der Waals surface area contributed by atoms with E-state index in [2.05, 4.69) is 11.2 Å². The highest BCUT2D eigenvalue weighted by Crippen LogP contribution is 2.22. The maximum absolute atomic E-state index is 12.4. The summed E-state index contributed by atoms with van der Waals surface area (Å²) in [4.78, 5) is 14.1. The van der Waals surface area contributed by atoms with E-state index in [1.54, 1.807) is 35.9 Å². The number of carbonyl (C=O) groups is 1. The normalized spacial score (nSPS) is 10.7. The van der Waals surface area contributed by atoms with Gasteiger partial charge in [-0.15, -0.1) is 0 Å². The Morgan fingerprint density at radius 3 is 2.55 bits per heavy atom. The molecule has 0 aliphatic heterocycles. The molecule has 0 aliphatic rings. The second kappa shape index (κ2) is 4.81. The minimum absolute atomic E-state index is 0.0692. The lowest BCUT2D eigenvalue weighted by Gasteiger charge is -2.17. The summed E-state index contributed by atoms with van der Waals surface area (Å²) >= 11 is 0. The molecule has 0 fully saturated rings. The fourth-order valence-electron chi connectivity index (χ4n) is 2.26. The van der Waals surface area contributed by atoms with E-state index in [4.69, 9.17) is 0 Å². The van der Waals surface area contributed by atoms with Gasteiger partial charge in [0.2, 0.25) is 0 Å². The van der Waals surface area contributed by atoms with Crippen LogP contribution in [0.5, 0.6) is 0 Å².